The van der Waals surface area contributed by atoms with E-state index in [4.69, 9.17) is 5.73 Å². The number of para-hydroxylation sites is 1. The summed E-state index contributed by atoms with van der Waals surface area (Å²) >= 11 is 0. The predicted octanol–water partition coefficient (Wildman–Crippen LogP) is 1.49. The van der Waals surface area contributed by atoms with Crippen LogP contribution in [0.4, 0.5) is 4.79 Å². The number of hydrogen-bond donors (Lipinski definition) is 3. The molecule has 1 saturated heterocycles. The molecule has 0 radical (unpaired) electrons. The van der Waals surface area contributed by atoms with Gasteiger partial charge >= 0.3 is 11.9 Å². The van der Waals surface area contributed by atoms with Crippen LogP contribution >= 0.6 is 0 Å². The first-order valence-electron chi connectivity index (χ1n) is 10.3. The van der Waals surface area contributed by atoms with Gasteiger partial charge in [0.1, 0.15) is 0 Å². The van der Waals surface area contributed by atoms with Crippen molar-refractivity contribution in [2.24, 2.45) is 11.7 Å². The number of amides is 4. The van der Waals surface area contributed by atoms with Crippen LogP contribution in [0.1, 0.15) is 23.5 Å². The number of hydrogen-bond acceptors (Lipinski definition) is 5. The zero-order valence-electron chi connectivity index (χ0n) is 17.3. The van der Waals surface area contributed by atoms with Crippen LogP contribution in [-0.4, -0.2) is 50.6 Å². The van der Waals surface area contributed by atoms with Crippen molar-refractivity contribution in [1.29, 1.82) is 0 Å². The van der Waals surface area contributed by atoms with E-state index >= 15 is 0 Å². The van der Waals surface area contributed by atoms with Gasteiger partial charge in [0.15, 0.2) is 5.82 Å². The molecule has 1 atom stereocenters. The molecular formula is C22H23N7O3. The Morgan fingerprint density at radius 3 is 2.34 bits per heavy atom. The molecule has 164 valence electrons. The summed E-state index contributed by atoms with van der Waals surface area (Å²) in [5, 5.41) is 4.36. The topological polar surface area (TPSA) is 135 Å². The van der Waals surface area contributed by atoms with Crippen LogP contribution in [-0.2, 0) is 4.79 Å². The molecule has 0 bridgehead atoms. The average Bonchev–Trinajstić information content (AvgIpc) is 3.29. The number of carbonyl (C=O) groups is 3. The predicted molar refractivity (Wildman–Crippen MR) is 116 cm³/mol. The lowest BCUT2D eigenvalue weighted by Gasteiger charge is -2.30. The fourth-order valence-electron chi connectivity index (χ4n) is 3.60. The SMILES string of the molecule is NC(=O)N1CCCC(C(=O)NNC(=O)c2nc(-c3ccccc3)n(-c3ccccc3)n2)C1. The molecule has 1 aliphatic heterocycles. The van der Waals surface area contributed by atoms with Crippen molar-refractivity contribution in [3.8, 4) is 17.1 Å². The molecular weight excluding hydrogens is 410 g/mol. The molecule has 1 fully saturated rings. The minimum atomic E-state index is -0.646. The fourth-order valence-corrected chi connectivity index (χ4v) is 3.60. The standard InChI is InChI=1S/C22H23N7O3/c23-22(32)28-13-7-10-16(14-28)20(30)25-26-21(31)18-24-19(15-8-3-1-4-9-15)29(27-18)17-11-5-2-6-12-17/h1-6,8-9,11-12,16H,7,10,13-14H2,(H2,23,32)(H,25,30)(H,26,31). The smallest absolute Gasteiger partial charge is 0.314 e. The molecule has 0 spiro atoms. The molecule has 0 aliphatic carbocycles. The molecule has 2 heterocycles. The largest absolute Gasteiger partial charge is 0.351 e. The molecule has 4 rings (SSSR count). The number of carbonyl (C=O) groups excluding carboxylic acids is 3. The van der Waals surface area contributed by atoms with Gasteiger partial charge in [-0.15, -0.1) is 5.10 Å². The van der Waals surface area contributed by atoms with E-state index in [9.17, 15) is 14.4 Å². The average molecular weight is 433 g/mol. The highest BCUT2D eigenvalue weighted by Gasteiger charge is 2.28. The Kier molecular flexibility index (Phi) is 6.11. The minimum absolute atomic E-state index is 0.0876. The number of piperidine rings is 1. The van der Waals surface area contributed by atoms with Crippen LogP contribution in [0.5, 0.6) is 0 Å². The van der Waals surface area contributed by atoms with Crippen molar-refractivity contribution >= 4 is 17.8 Å². The number of nitrogens with one attached hydrogen (secondary N) is 2. The number of aromatic nitrogens is 3. The number of likely N-dealkylation sites (tertiary alicyclic amines) is 1. The summed E-state index contributed by atoms with van der Waals surface area (Å²) < 4.78 is 1.58. The zero-order chi connectivity index (χ0) is 22.5. The fraction of sp³-hybridized carbons (Fsp3) is 0.227. The van der Waals surface area contributed by atoms with Crippen molar-refractivity contribution in [3.05, 3.63) is 66.5 Å². The highest BCUT2D eigenvalue weighted by atomic mass is 16.2. The van der Waals surface area contributed by atoms with Gasteiger partial charge < -0.3 is 10.6 Å². The van der Waals surface area contributed by atoms with Gasteiger partial charge in [0.2, 0.25) is 11.7 Å². The van der Waals surface area contributed by atoms with E-state index in [2.05, 4.69) is 20.9 Å². The van der Waals surface area contributed by atoms with E-state index in [0.717, 1.165) is 11.3 Å². The first-order chi connectivity index (χ1) is 15.5. The number of nitrogens with two attached hydrogens (primary N) is 1. The van der Waals surface area contributed by atoms with E-state index in [1.807, 2.05) is 60.7 Å². The van der Waals surface area contributed by atoms with Gasteiger partial charge in [0.05, 0.1) is 11.6 Å². The Morgan fingerprint density at radius 2 is 1.66 bits per heavy atom. The first kappa shape index (κ1) is 21.0. The van der Waals surface area contributed by atoms with Gasteiger partial charge in [0, 0.05) is 18.7 Å². The molecule has 10 nitrogen and oxygen atoms in total. The van der Waals surface area contributed by atoms with Crippen LogP contribution in [0, 0.1) is 5.92 Å². The summed E-state index contributed by atoms with van der Waals surface area (Å²) in [4.78, 5) is 42.3. The van der Waals surface area contributed by atoms with E-state index in [1.165, 1.54) is 4.90 Å². The van der Waals surface area contributed by atoms with Crippen LogP contribution in [0.15, 0.2) is 60.7 Å². The summed E-state index contributed by atoms with van der Waals surface area (Å²) in [5.74, 6) is -1.08. The molecule has 2 aromatic carbocycles. The Labute approximate surface area is 184 Å². The highest BCUT2D eigenvalue weighted by molar-refractivity contribution is 5.93. The number of rotatable bonds is 4. The van der Waals surface area contributed by atoms with Crippen molar-refractivity contribution < 1.29 is 14.4 Å². The number of primary amides is 1. The lowest BCUT2D eigenvalue weighted by molar-refractivity contribution is -0.127. The third-order valence-corrected chi connectivity index (χ3v) is 5.25. The van der Waals surface area contributed by atoms with Crippen molar-refractivity contribution in [3.63, 3.8) is 0 Å². The summed E-state index contributed by atoms with van der Waals surface area (Å²) in [6, 6.07) is 18.2. The van der Waals surface area contributed by atoms with Crippen molar-refractivity contribution in [2.45, 2.75) is 12.8 Å². The van der Waals surface area contributed by atoms with Gasteiger partial charge in [0.25, 0.3) is 0 Å². The summed E-state index contributed by atoms with van der Waals surface area (Å²) in [6.07, 6.45) is 1.27. The summed E-state index contributed by atoms with van der Waals surface area (Å²) in [5.41, 5.74) is 11.6. The van der Waals surface area contributed by atoms with Gasteiger partial charge in [-0.25, -0.2) is 14.5 Å². The second kappa shape index (κ2) is 9.29. The lowest BCUT2D eigenvalue weighted by Crippen LogP contribution is -2.51. The number of hydrazine groups is 1. The maximum Gasteiger partial charge on any atom is 0.314 e. The second-order valence-corrected chi connectivity index (χ2v) is 7.44. The maximum absolute atomic E-state index is 12.7. The molecule has 0 saturated carbocycles. The Morgan fingerprint density at radius 1 is 0.969 bits per heavy atom. The number of urea groups is 1. The Balaban J connectivity index is 1.50. The minimum Gasteiger partial charge on any atom is -0.351 e. The molecule has 1 aromatic heterocycles. The molecule has 1 aliphatic rings. The van der Waals surface area contributed by atoms with E-state index < -0.39 is 23.8 Å². The second-order valence-electron chi connectivity index (χ2n) is 7.44. The van der Waals surface area contributed by atoms with Crippen LogP contribution in [0.3, 0.4) is 0 Å². The van der Waals surface area contributed by atoms with E-state index in [1.54, 1.807) is 4.68 Å². The molecule has 10 heteroatoms. The van der Waals surface area contributed by atoms with Gasteiger partial charge in [-0.3, -0.25) is 20.4 Å². The highest BCUT2D eigenvalue weighted by Crippen LogP contribution is 2.21. The molecule has 32 heavy (non-hydrogen) atoms. The normalized spacial score (nSPS) is 15.8. The first-order valence-corrected chi connectivity index (χ1v) is 10.3. The van der Waals surface area contributed by atoms with Crippen molar-refractivity contribution in [1.82, 2.24) is 30.5 Å². The van der Waals surface area contributed by atoms with E-state index in [0.29, 0.717) is 25.2 Å². The van der Waals surface area contributed by atoms with Gasteiger partial charge in [-0.05, 0) is 25.0 Å². The number of nitrogens with zero attached hydrogens (tertiary/aromatic N) is 4. The van der Waals surface area contributed by atoms with Crippen LogP contribution in [0.2, 0.25) is 0 Å². The third kappa shape index (κ3) is 4.59. The zero-order valence-corrected chi connectivity index (χ0v) is 17.3. The number of benzene rings is 2. The van der Waals surface area contributed by atoms with Gasteiger partial charge in [-0.1, -0.05) is 48.5 Å². The van der Waals surface area contributed by atoms with Gasteiger partial charge in [-0.2, -0.15) is 0 Å². The van der Waals surface area contributed by atoms with Crippen molar-refractivity contribution in [2.75, 3.05) is 13.1 Å². The lowest BCUT2D eigenvalue weighted by atomic mass is 9.98. The van der Waals surface area contributed by atoms with Crippen LogP contribution < -0.4 is 16.6 Å². The maximum atomic E-state index is 12.7. The summed E-state index contributed by atoms with van der Waals surface area (Å²) in [7, 11) is 0. The van der Waals surface area contributed by atoms with Crippen LogP contribution in [0.25, 0.3) is 17.1 Å². The molecule has 4 N–H and O–H groups in total. The quantitative estimate of drug-likeness (QED) is 0.536. The molecule has 3 aromatic rings. The summed E-state index contributed by atoms with van der Waals surface area (Å²) in [6.45, 7) is 0.741. The third-order valence-electron chi connectivity index (χ3n) is 5.25. The van der Waals surface area contributed by atoms with E-state index in [-0.39, 0.29) is 12.4 Å². The molecule has 1 unspecified atom stereocenters. The Hall–Kier alpha value is -4.21. The monoisotopic (exact) mass is 433 g/mol. The molecule has 4 amide bonds. The Bertz CT molecular complexity index is 1060.